The van der Waals surface area contributed by atoms with Crippen LogP contribution in [-0.4, -0.2) is 22.9 Å². The van der Waals surface area contributed by atoms with Gasteiger partial charge >= 0.3 is 0 Å². The van der Waals surface area contributed by atoms with E-state index >= 15 is 0 Å². The molecular formula is C13H13ClFN3. The fourth-order valence-electron chi connectivity index (χ4n) is 2.23. The molecule has 0 aliphatic carbocycles. The Kier molecular flexibility index (Phi) is 3.06. The zero-order valence-corrected chi connectivity index (χ0v) is 10.5. The van der Waals surface area contributed by atoms with Crippen LogP contribution in [0.1, 0.15) is 12.5 Å². The molecule has 2 heterocycles. The second-order valence-corrected chi connectivity index (χ2v) is 4.89. The van der Waals surface area contributed by atoms with Crippen molar-refractivity contribution >= 4 is 11.6 Å². The van der Waals surface area contributed by atoms with Crippen LogP contribution in [0.15, 0.2) is 30.6 Å². The highest BCUT2D eigenvalue weighted by Gasteiger charge is 2.17. The fraction of sp³-hybridized carbons (Fsp3) is 0.308. The van der Waals surface area contributed by atoms with Crippen LogP contribution < -0.4 is 5.32 Å². The van der Waals surface area contributed by atoms with Gasteiger partial charge in [-0.25, -0.2) is 4.39 Å². The highest BCUT2D eigenvalue weighted by molar-refractivity contribution is 6.31. The first kappa shape index (κ1) is 11.7. The van der Waals surface area contributed by atoms with Gasteiger partial charge in [0.1, 0.15) is 5.82 Å². The molecule has 1 saturated heterocycles. The molecule has 1 aliphatic heterocycles. The largest absolute Gasteiger partial charge is 0.315 e. The number of aromatic nitrogens is 2. The summed E-state index contributed by atoms with van der Waals surface area (Å²) in [6.45, 7) is 1.98. The molecule has 1 aromatic heterocycles. The molecule has 1 fully saturated rings. The van der Waals surface area contributed by atoms with Crippen LogP contribution in [0.3, 0.4) is 0 Å². The summed E-state index contributed by atoms with van der Waals surface area (Å²) in [5.74, 6) is -0.396. The summed E-state index contributed by atoms with van der Waals surface area (Å²) in [4.78, 5) is 0. The Hall–Kier alpha value is -1.39. The van der Waals surface area contributed by atoms with E-state index < -0.39 is 5.82 Å². The number of hydrogen-bond donors (Lipinski definition) is 1. The summed E-state index contributed by atoms with van der Waals surface area (Å²) >= 11 is 5.79. The molecule has 1 N–H and O–H groups in total. The molecule has 2 aromatic rings. The lowest BCUT2D eigenvalue weighted by Gasteiger charge is -2.07. The number of halogens is 2. The van der Waals surface area contributed by atoms with Crippen molar-refractivity contribution in [3.05, 3.63) is 41.4 Å². The van der Waals surface area contributed by atoms with E-state index in [0.717, 1.165) is 30.6 Å². The quantitative estimate of drug-likeness (QED) is 0.905. The van der Waals surface area contributed by atoms with E-state index in [1.165, 1.54) is 6.07 Å². The van der Waals surface area contributed by atoms with Crippen molar-refractivity contribution in [3.63, 3.8) is 0 Å². The van der Waals surface area contributed by atoms with Gasteiger partial charge in [0, 0.05) is 18.3 Å². The van der Waals surface area contributed by atoms with E-state index in [2.05, 4.69) is 10.4 Å². The van der Waals surface area contributed by atoms with Crippen LogP contribution in [0.25, 0.3) is 11.1 Å². The Morgan fingerprint density at radius 1 is 1.39 bits per heavy atom. The topological polar surface area (TPSA) is 29.9 Å². The predicted octanol–water partition coefficient (Wildman–Crippen LogP) is 2.88. The Morgan fingerprint density at radius 3 is 3.00 bits per heavy atom. The molecule has 0 spiro atoms. The molecule has 18 heavy (non-hydrogen) atoms. The zero-order valence-electron chi connectivity index (χ0n) is 9.74. The minimum absolute atomic E-state index is 0.141. The molecule has 0 amide bonds. The third kappa shape index (κ3) is 2.13. The molecule has 1 atom stereocenters. The van der Waals surface area contributed by atoms with Gasteiger partial charge in [0.2, 0.25) is 0 Å². The van der Waals surface area contributed by atoms with Crippen LogP contribution >= 0.6 is 11.6 Å². The molecule has 0 bridgehead atoms. The number of benzene rings is 1. The Bertz CT molecular complexity index is 561. The van der Waals surface area contributed by atoms with Gasteiger partial charge in [-0.05, 0) is 30.7 Å². The number of rotatable bonds is 2. The summed E-state index contributed by atoms with van der Waals surface area (Å²) in [5, 5.41) is 7.81. The summed E-state index contributed by atoms with van der Waals surface area (Å²) in [5.41, 5.74) is 1.85. The summed E-state index contributed by atoms with van der Waals surface area (Å²) in [7, 11) is 0. The first-order valence-electron chi connectivity index (χ1n) is 5.94. The van der Waals surface area contributed by atoms with Gasteiger partial charge in [-0.15, -0.1) is 0 Å². The highest BCUT2D eigenvalue weighted by atomic mass is 35.5. The van der Waals surface area contributed by atoms with Gasteiger partial charge in [0.05, 0.1) is 17.3 Å². The molecule has 3 rings (SSSR count). The van der Waals surface area contributed by atoms with Crippen LogP contribution in [0.4, 0.5) is 4.39 Å². The predicted molar refractivity (Wildman–Crippen MR) is 69.2 cm³/mol. The maximum atomic E-state index is 13.1. The van der Waals surface area contributed by atoms with Gasteiger partial charge in [0.15, 0.2) is 0 Å². The first-order valence-corrected chi connectivity index (χ1v) is 6.32. The van der Waals surface area contributed by atoms with Crippen LogP contribution in [-0.2, 0) is 0 Å². The van der Waals surface area contributed by atoms with E-state index in [4.69, 9.17) is 11.6 Å². The molecule has 1 unspecified atom stereocenters. The fourth-order valence-corrected chi connectivity index (χ4v) is 2.41. The molecule has 1 aliphatic rings. The van der Waals surface area contributed by atoms with Crippen molar-refractivity contribution in [3.8, 4) is 11.1 Å². The summed E-state index contributed by atoms with van der Waals surface area (Å²) < 4.78 is 15.1. The van der Waals surface area contributed by atoms with E-state index in [-0.39, 0.29) is 5.02 Å². The van der Waals surface area contributed by atoms with Crippen LogP contribution in [0.2, 0.25) is 5.02 Å². The molecule has 3 nitrogen and oxygen atoms in total. The molecule has 94 valence electrons. The lowest BCUT2D eigenvalue weighted by atomic mass is 10.1. The lowest BCUT2D eigenvalue weighted by molar-refractivity contribution is 0.491. The Morgan fingerprint density at radius 2 is 2.28 bits per heavy atom. The second-order valence-electron chi connectivity index (χ2n) is 4.48. The summed E-state index contributed by atoms with van der Waals surface area (Å²) in [6, 6.07) is 5.14. The molecular weight excluding hydrogens is 253 g/mol. The van der Waals surface area contributed by atoms with Gasteiger partial charge in [-0.3, -0.25) is 4.68 Å². The van der Waals surface area contributed by atoms with Crippen molar-refractivity contribution < 1.29 is 4.39 Å². The minimum atomic E-state index is -0.396. The smallest absolute Gasteiger partial charge is 0.141 e. The average Bonchev–Trinajstić information content (AvgIpc) is 3.01. The van der Waals surface area contributed by atoms with E-state index in [9.17, 15) is 4.39 Å². The monoisotopic (exact) mass is 265 g/mol. The first-order chi connectivity index (χ1) is 8.74. The standard InChI is InChI=1S/C13H13ClFN3/c14-12-5-9(1-2-13(12)15)10-6-17-18(8-10)11-3-4-16-7-11/h1-2,5-6,8,11,16H,3-4,7H2. The van der Waals surface area contributed by atoms with Crippen molar-refractivity contribution in [2.45, 2.75) is 12.5 Å². The van der Waals surface area contributed by atoms with Gasteiger partial charge in [-0.2, -0.15) is 5.10 Å². The normalized spacial score (nSPS) is 19.3. The maximum Gasteiger partial charge on any atom is 0.141 e. The van der Waals surface area contributed by atoms with Gasteiger partial charge in [0.25, 0.3) is 0 Å². The Balaban J connectivity index is 1.89. The van der Waals surface area contributed by atoms with Gasteiger partial charge < -0.3 is 5.32 Å². The number of nitrogens with zero attached hydrogens (tertiary/aromatic N) is 2. The minimum Gasteiger partial charge on any atom is -0.315 e. The average molecular weight is 266 g/mol. The number of hydrogen-bond acceptors (Lipinski definition) is 2. The SMILES string of the molecule is Fc1ccc(-c2cnn(C3CCNC3)c2)cc1Cl. The number of nitrogens with one attached hydrogen (secondary N) is 1. The van der Waals surface area contributed by atoms with E-state index in [0.29, 0.717) is 6.04 Å². The lowest BCUT2D eigenvalue weighted by Crippen LogP contribution is -2.13. The van der Waals surface area contributed by atoms with Gasteiger partial charge in [-0.1, -0.05) is 17.7 Å². The van der Waals surface area contributed by atoms with E-state index in [1.54, 1.807) is 18.3 Å². The second kappa shape index (κ2) is 4.71. The third-order valence-corrected chi connectivity index (χ3v) is 3.55. The third-order valence-electron chi connectivity index (χ3n) is 3.26. The molecule has 1 aromatic carbocycles. The molecule has 0 saturated carbocycles. The van der Waals surface area contributed by atoms with Crippen LogP contribution in [0.5, 0.6) is 0 Å². The summed E-state index contributed by atoms with van der Waals surface area (Å²) in [6.07, 6.45) is 4.87. The van der Waals surface area contributed by atoms with Crippen molar-refractivity contribution in [1.82, 2.24) is 15.1 Å². The molecule has 0 radical (unpaired) electrons. The highest BCUT2D eigenvalue weighted by Crippen LogP contribution is 2.26. The Labute approximate surface area is 110 Å². The van der Waals surface area contributed by atoms with Crippen molar-refractivity contribution in [1.29, 1.82) is 0 Å². The molecule has 5 heteroatoms. The van der Waals surface area contributed by atoms with E-state index in [1.807, 2.05) is 10.9 Å². The zero-order chi connectivity index (χ0) is 12.5. The van der Waals surface area contributed by atoms with Crippen LogP contribution in [0, 0.1) is 5.82 Å². The van der Waals surface area contributed by atoms with Crippen molar-refractivity contribution in [2.75, 3.05) is 13.1 Å². The van der Waals surface area contributed by atoms with Crippen molar-refractivity contribution in [2.24, 2.45) is 0 Å². The maximum absolute atomic E-state index is 13.1.